The first-order chi connectivity index (χ1) is 10.3. The van der Waals surface area contributed by atoms with Gasteiger partial charge in [-0.05, 0) is 23.4 Å². The Bertz CT molecular complexity index is 501. The standard InChI is InChI=1S/C17H24N2OS/c1-2-15(18)17(16-9-6-12-21-16)19(10-11-20)13-14-7-4-3-5-8-14/h3-9,12,15,17,20H,2,10-11,13,18H2,1H3. The van der Waals surface area contributed by atoms with Crippen LogP contribution in [0.3, 0.4) is 0 Å². The summed E-state index contributed by atoms with van der Waals surface area (Å²) in [4.78, 5) is 3.56. The van der Waals surface area contributed by atoms with Crippen LogP contribution in [0.1, 0.15) is 29.8 Å². The molecule has 114 valence electrons. The average molecular weight is 304 g/mol. The average Bonchev–Trinajstić information content (AvgIpc) is 3.02. The van der Waals surface area contributed by atoms with Crippen molar-refractivity contribution in [1.82, 2.24) is 4.90 Å². The third-order valence-corrected chi connectivity index (χ3v) is 4.66. The minimum atomic E-state index is 0.0684. The Balaban J connectivity index is 2.23. The van der Waals surface area contributed by atoms with Gasteiger partial charge in [0.2, 0.25) is 0 Å². The van der Waals surface area contributed by atoms with E-state index in [9.17, 15) is 5.11 Å². The van der Waals surface area contributed by atoms with E-state index in [4.69, 9.17) is 5.73 Å². The highest BCUT2D eigenvalue weighted by Crippen LogP contribution is 2.29. The molecular weight excluding hydrogens is 280 g/mol. The molecule has 0 fully saturated rings. The molecule has 0 amide bonds. The van der Waals surface area contributed by atoms with Crippen molar-refractivity contribution in [3.63, 3.8) is 0 Å². The van der Waals surface area contributed by atoms with Gasteiger partial charge in [0.05, 0.1) is 12.6 Å². The van der Waals surface area contributed by atoms with Gasteiger partial charge in [-0.1, -0.05) is 43.3 Å². The molecule has 1 aromatic carbocycles. The number of aliphatic hydroxyl groups is 1. The number of nitrogens with zero attached hydrogens (tertiary/aromatic N) is 1. The van der Waals surface area contributed by atoms with Crippen LogP contribution < -0.4 is 5.73 Å². The number of thiophene rings is 1. The molecule has 3 nitrogen and oxygen atoms in total. The molecule has 0 aliphatic carbocycles. The minimum absolute atomic E-state index is 0.0684. The second kappa shape index (κ2) is 8.29. The van der Waals surface area contributed by atoms with Crippen molar-refractivity contribution in [3.05, 3.63) is 58.3 Å². The lowest BCUT2D eigenvalue weighted by Gasteiger charge is -2.34. The molecule has 2 atom stereocenters. The maximum atomic E-state index is 9.44. The molecular formula is C17H24N2OS. The Morgan fingerprint density at radius 1 is 1.19 bits per heavy atom. The number of aliphatic hydroxyl groups excluding tert-OH is 1. The molecule has 0 saturated carbocycles. The third-order valence-electron chi connectivity index (χ3n) is 3.72. The van der Waals surface area contributed by atoms with Crippen molar-refractivity contribution in [2.45, 2.75) is 32.0 Å². The molecule has 0 bridgehead atoms. The Labute approximate surface area is 131 Å². The largest absolute Gasteiger partial charge is 0.395 e. The topological polar surface area (TPSA) is 49.5 Å². The highest BCUT2D eigenvalue weighted by molar-refractivity contribution is 7.10. The molecule has 2 unspecified atom stereocenters. The van der Waals surface area contributed by atoms with Gasteiger partial charge in [0.25, 0.3) is 0 Å². The minimum Gasteiger partial charge on any atom is -0.395 e. The molecule has 0 saturated heterocycles. The zero-order valence-electron chi connectivity index (χ0n) is 12.5. The van der Waals surface area contributed by atoms with E-state index in [2.05, 4.69) is 41.5 Å². The fourth-order valence-corrected chi connectivity index (χ4v) is 3.54. The number of nitrogens with two attached hydrogens (primary N) is 1. The first-order valence-electron chi connectivity index (χ1n) is 7.44. The summed E-state index contributed by atoms with van der Waals surface area (Å²) in [7, 11) is 0. The van der Waals surface area contributed by atoms with E-state index in [1.807, 2.05) is 18.2 Å². The van der Waals surface area contributed by atoms with Crippen molar-refractivity contribution >= 4 is 11.3 Å². The summed E-state index contributed by atoms with van der Waals surface area (Å²) < 4.78 is 0. The van der Waals surface area contributed by atoms with Gasteiger partial charge >= 0.3 is 0 Å². The maximum Gasteiger partial charge on any atom is 0.0597 e. The van der Waals surface area contributed by atoms with Crippen LogP contribution in [0.25, 0.3) is 0 Å². The SMILES string of the molecule is CCC(N)C(c1cccs1)N(CCO)Cc1ccccc1. The zero-order chi connectivity index (χ0) is 15.1. The summed E-state index contributed by atoms with van der Waals surface area (Å²) in [6.45, 7) is 3.69. The molecule has 3 N–H and O–H groups in total. The van der Waals surface area contributed by atoms with Crippen molar-refractivity contribution in [3.8, 4) is 0 Å². The Kier molecular flexibility index (Phi) is 6.39. The summed E-state index contributed by atoms with van der Waals surface area (Å²) in [6.07, 6.45) is 0.916. The maximum absolute atomic E-state index is 9.44. The van der Waals surface area contributed by atoms with Crippen LogP contribution >= 0.6 is 11.3 Å². The number of rotatable bonds is 8. The third kappa shape index (κ3) is 4.38. The Morgan fingerprint density at radius 3 is 2.52 bits per heavy atom. The molecule has 0 radical (unpaired) electrons. The summed E-state index contributed by atoms with van der Waals surface area (Å²) in [6, 6.07) is 14.8. The van der Waals surface area contributed by atoms with Crippen LogP contribution in [-0.4, -0.2) is 29.2 Å². The smallest absolute Gasteiger partial charge is 0.0597 e. The van der Waals surface area contributed by atoms with Gasteiger partial charge in [-0.25, -0.2) is 0 Å². The lowest BCUT2D eigenvalue weighted by molar-refractivity contribution is 0.127. The molecule has 0 aliphatic rings. The Morgan fingerprint density at radius 2 is 1.95 bits per heavy atom. The first kappa shape index (κ1) is 16.2. The quantitative estimate of drug-likeness (QED) is 0.788. The summed E-state index contributed by atoms with van der Waals surface area (Å²) >= 11 is 1.74. The van der Waals surface area contributed by atoms with E-state index < -0.39 is 0 Å². The molecule has 2 rings (SSSR count). The second-order valence-corrected chi connectivity index (χ2v) is 6.19. The number of benzene rings is 1. The first-order valence-corrected chi connectivity index (χ1v) is 8.32. The highest BCUT2D eigenvalue weighted by Gasteiger charge is 2.26. The van der Waals surface area contributed by atoms with Crippen molar-refractivity contribution in [1.29, 1.82) is 0 Å². The molecule has 0 spiro atoms. The summed E-state index contributed by atoms with van der Waals surface area (Å²) in [5, 5.41) is 11.5. The van der Waals surface area contributed by atoms with Gasteiger partial charge in [0.1, 0.15) is 0 Å². The van der Waals surface area contributed by atoms with E-state index in [-0.39, 0.29) is 18.7 Å². The zero-order valence-corrected chi connectivity index (χ0v) is 13.3. The van der Waals surface area contributed by atoms with E-state index in [0.29, 0.717) is 6.54 Å². The second-order valence-electron chi connectivity index (χ2n) is 5.21. The van der Waals surface area contributed by atoms with Crippen molar-refractivity contribution in [2.24, 2.45) is 5.73 Å². The molecule has 1 heterocycles. The van der Waals surface area contributed by atoms with Gasteiger partial charge in [0.15, 0.2) is 0 Å². The monoisotopic (exact) mass is 304 g/mol. The predicted molar refractivity (Wildman–Crippen MR) is 89.3 cm³/mol. The van der Waals surface area contributed by atoms with Crippen LogP contribution in [0, 0.1) is 0 Å². The Hall–Kier alpha value is -1.20. The van der Waals surface area contributed by atoms with Crippen LogP contribution in [0.5, 0.6) is 0 Å². The van der Waals surface area contributed by atoms with Gasteiger partial charge < -0.3 is 10.8 Å². The molecule has 2 aromatic rings. The van der Waals surface area contributed by atoms with Crippen LogP contribution in [0.4, 0.5) is 0 Å². The molecule has 21 heavy (non-hydrogen) atoms. The summed E-state index contributed by atoms with van der Waals surface area (Å²) in [5.74, 6) is 0. The predicted octanol–water partition coefficient (Wildman–Crippen LogP) is 3.02. The van der Waals surface area contributed by atoms with Gasteiger partial charge in [-0.3, -0.25) is 4.90 Å². The van der Waals surface area contributed by atoms with Crippen LogP contribution in [-0.2, 0) is 6.54 Å². The van der Waals surface area contributed by atoms with Crippen LogP contribution in [0.2, 0.25) is 0 Å². The van der Waals surface area contributed by atoms with E-state index >= 15 is 0 Å². The highest BCUT2D eigenvalue weighted by atomic mass is 32.1. The van der Waals surface area contributed by atoms with Crippen molar-refractivity contribution < 1.29 is 5.11 Å². The fraction of sp³-hybridized carbons (Fsp3) is 0.412. The molecule has 4 heteroatoms. The fourth-order valence-electron chi connectivity index (χ4n) is 2.61. The number of hydrogen-bond acceptors (Lipinski definition) is 4. The van der Waals surface area contributed by atoms with E-state index in [1.165, 1.54) is 10.4 Å². The van der Waals surface area contributed by atoms with Gasteiger partial charge in [0, 0.05) is 24.0 Å². The summed E-state index contributed by atoms with van der Waals surface area (Å²) in [5.41, 5.74) is 7.62. The molecule has 1 aromatic heterocycles. The van der Waals surface area contributed by atoms with Crippen LogP contribution in [0.15, 0.2) is 47.8 Å². The van der Waals surface area contributed by atoms with Gasteiger partial charge in [-0.15, -0.1) is 11.3 Å². The lowest BCUT2D eigenvalue weighted by atomic mass is 10.0. The lowest BCUT2D eigenvalue weighted by Crippen LogP contribution is -2.41. The van der Waals surface area contributed by atoms with E-state index in [1.54, 1.807) is 11.3 Å². The number of hydrogen-bond donors (Lipinski definition) is 2. The van der Waals surface area contributed by atoms with Gasteiger partial charge in [-0.2, -0.15) is 0 Å². The normalized spacial score (nSPS) is 14.3. The molecule has 0 aliphatic heterocycles. The van der Waals surface area contributed by atoms with Crippen molar-refractivity contribution in [2.75, 3.05) is 13.2 Å². The van der Waals surface area contributed by atoms with E-state index in [0.717, 1.165) is 13.0 Å².